The van der Waals surface area contributed by atoms with E-state index in [2.05, 4.69) is 23.6 Å². The molecule has 2 N–H and O–H groups in total. The highest BCUT2D eigenvalue weighted by atomic mass is 35.5. The van der Waals surface area contributed by atoms with Gasteiger partial charge >= 0.3 is 0 Å². The van der Waals surface area contributed by atoms with Crippen molar-refractivity contribution >= 4 is 17.5 Å². The Morgan fingerprint density at radius 2 is 2.14 bits per heavy atom. The molecule has 2 fully saturated rings. The lowest BCUT2D eigenvalue weighted by Crippen LogP contribution is -2.53. The molecule has 1 amide bonds. The molecule has 2 unspecified atom stereocenters. The van der Waals surface area contributed by atoms with E-state index in [9.17, 15) is 4.79 Å². The van der Waals surface area contributed by atoms with Crippen molar-refractivity contribution in [3.05, 3.63) is 34.9 Å². The molecule has 0 spiro atoms. The van der Waals surface area contributed by atoms with Crippen LogP contribution in [-0.2, 0) is 10.2 Å². The van der Waals surface area contributed by atoms with Crippen LogP contribution in [0.25, 0.3) is 0 Å². The Hall–Kier alpha value is -1.06. The van der Waals surface area contributed by atoms with E-state index in [1.54, 1.807) is 0 Å². The number of benzene rings is 1. The van der Waals surface area contributed by atoms with Crippen LogP contribution in [0.5, 0.6) is 0 Å². The predicted molar refractivity (Wildman–Crippen MR) is 90.2 cm³/mol. The maximum Gasteiger partial charge on any atom is 0.230 e. The Bertz CT molecular complexity index is 540. The maximum absolute atomic E-state index is 13.1. The molecule has 0 radical (unpaired) electrons. The number of amides is 1. The number of piperidine rings is 1. The van der Waals surface area contributed by atoms with Crippen molar-refractivity contribution in [2.45, 2.75) is 50.5 Å². The summed E-state index contributed by atoms with van der Waals surface area (Å²) in [6, 6.07) is 8.14. The minimum absolute atomic E-state index is 0.200. The van der Waals surface area contributed by atoms with Crippen LogP contribution in [0.2, 0.25) is 5.02 Å². The first-order valence-electron chi connectivity index (χ1n) is 8.39. The molecule has 1 aromatic carbocycles. The van der Waals surface area contributed by atoms with Crippen LogP contribution < -0.4 is 10.6 Å². The smallest absolute Gasteiger partial charge is 0.230 e. The standard InChI is InChI=1S/C18H25ClN2O/c1-13-12-20-10-7-16(13)21-17(22)18(8-2-3-9-18)14-5-4-6-15(19)11-14/h4-6,11,13,16,20H,2-3,7-10,12H2,1H3,(H,21,22). The molecule has 1 aromatic rings. The number of rotatable bonds is 3. The highest BCUT2D eigenvalue weighted by molar-refractivity contribution is 6.30. The van der Waals surface area contributed by atoms with E-state index in [0.29, 0.717) is 10.9 Å². The topological polar surface area (TPSA) is 41.1 Å². The van der Waals surface area contributed by atoms with Crippen LogP contribution in [0, 0.1) is 5.92 Å². The van der Waals surface area contributed by atoms with Gasteiger partial charge in [-0.3, -0.25) is 4.79 Å². The first-order valence-corrected chi connectivity index (χ1v) is 8.77. The lowest BCUT2D eigenvalue weighted by Gasteiger charge is -2.35. The van der Waals surface area contributed by atoms with Gasteiger partial charge in [0.05, 0.1) is 5.41 Å². The quantitative estimate of drug-likeness (QED) is 0.897. The van der Waals surface area contributed by atoms with E-state index < -0.39 is 0 Å². The van der Waals surface area contributed by atoms with Gasteiger partial charge in [0.2, 0.25) is 5.91 Å². The van der Waals surface area contributed by atoms with Crippen LogP contribution in [0.15, 0.2) is 24.3 Å². The fourth-order valence-electron chi connectivity index (χ4n) is 3.95. The second-order valence-corrected chi connectivity index (χ2v) is 7.29. The van der Waals surface area contributed by atoms with Crippen molar-refractivity contribution in [3.8, 4) is 0 Å². The lowest BCUT2D eigenvalue weighted by molar-refractivity contribution is -0.127. The summed E-state index contributed by atoms with van der Waals surface area (Å²) in [6.45, 7) is 4.17. The van der Waals surface area contributed by atoms with Gasteiger partial charge in [0, 0.05) is 11.1 Å². The van der Waals surface area contributed by atoms with Gasteiger partial charge in [0.1, 0.15) is 0 Å². The van der Waals surface area contributed by atoms with E-state index in [0.717, 1.165) is 50.8 Å². The zero-order valence-corrected chi connectivity index (χ0v) is 14.0. The van der Waals surface area contributed by atoms with Crippen LogP contribution in [0.3, 0.4) is 0 Å². The van der Waals surface area contributed by atoms with Gasteiger partial charge in [0.25, 0.3) is 0 Å². The van der Waals surface area contributed by atoms with Crippen LogP contribution in [-0.4, -0.2) is 25.0 Å². The summed E-state index contributed by atoms with van der Waals surface area (Å²) in [6.07, 6.45) is 5.10. The van der Waals surface area contributed by atoms with Crippen LogP contribution in [0.1, 0.15) is 44.6 Å². The molecule has 2 aliphatic rings. The van der Waals surface area contributed by atoms with Crippen molar-refractivity contribution in [1.29, 1.82) is 0 Å². The average Bonchev–Trinajstić information content (AvgIpc) is 3.00. The fourth-order valence-corrected chi connectivity index (χ4v) is 4.14. The second-order valence-electron chi connectivity index (χ2n) is 6.85. The summed E-state index contributed by atoms with van der Waals surface area (Å²) in [5, 5.41) is 7.45. The monoisotopic (exact) mass is 320 g/mol. The molecule has 1 aliphatic heterocycles. The normalized spacial score (nSPS) is 27.5. The Kier molecular flexibility index (Phi) is 4.74. The van der Waals surface area contributed by atoms with Crippen molar-refractivity contribution in [2.75, 3.05) is 13.1 Å². The van der Waals surface area contributed by atoms with Crippen molar-refractivity contribution in [1.82, 2.24) is 10.6 Å². The SMILES string of the molecule is CC1CNCCC1NC(=O)C1(c2cccc(Cl)c2)CCCC1. The summed E-state index contributed by atoms with van der Waals surface area (Å²) < 4.78 is 0. The average molecular weight is 321 g/mol. The summed E-state index contributed by atoms with van der Waals surface area (Å²) in [5.41, 5.74) is 0.701. The number of nitrogens with one attached hydrogen (secondary N) is 2. The number of hydrogen-bond donors (Lipinski definition) is 2. The van der Waals surface area contributed by atoms with E-state index in [4.69, 9.17) is 11.6 Å². The molecular formula is C18H25ClN2O. The molecule has 3 nitrogen and oxygen atoms in total. The summed E-state index contributed by atoms with van der Waals surface area (Å²) in [5.74, 6) is 0.682. The Morgan fingerprint density at radius 1 is 1.36 bits per heavy atom. The van der Waals surface area contributed by atoms with Crippen LogP contribution in [0.4, 0.5) is 0 Å². The molecular weight excluding hydrogens is 296 g/mol. The molecule has 0 bridgehead atoms. The van der Waals surface area contributed by atoms with Crippen molar-refractivity contribution in [2.24, 2.45) is 5.92 Å². The number of halogens is 1. The number of carbonyl (C=O) groups excluding carboxylic acids is 1. The molecule has 120 valence electrons. The zero-order valence-electron chi connectivity index (χ0n) is 13.2. The number of hydrogen-bond acceptors (Lipinski definition) is 2. The molecule has 1 saturated carbocycles. The molecule has 0 aromatic heterocycles. The van der Waals surface area contributed by atoms with Gasteiger partial charge in [-0.25, -0.2) is 0 Å². The summed E-state index contributed by atoms with van der Waals surface area (Å²) >= 11 is 6.17. The van der Waals surface area contributed by atoms with Gasteiger partial charge in [-0.1, -0.05) is 43.5 Å². The maximum atomic E-state index is 13.1. The number of carbonyl (C=O) groups is 1. The molecule has 1 aliphatic carbocycles. The Morgan fingerprint density at radius 3 is 2.82 bits per heavy atom. The minimum Gasteiger partial charge on any atom is -0.352 e. The van der Waals surface area contributed by atoms with Gasteiger partial charge < -0.3 is 10.6 Å². The first kappa shape index (κ1) is 15.8. The molecule has 3 rings (SSSR count). The fraction of sp³-hybridized carbons (Fsp3) is 0.611. The third-order valence-corrected chi connectivity index (χ3v) is 5.61. The van der Waals surface area contributed by atoms with Gasteiger partial charge in [0.15, 0.2) is 0 Å². The van der Waals surface area contributed by atoms with Crippen molar-refractivity contribution in [3.63, 3.8) is 0 Å². The van der Waals surface area contributed by atoms with E-state index in [1.807, 2.05) is 18.2 Å². The zero-order chi connectivity index (χ0) is 15.6. The van der Waals surface area contributed by atoms with Gasteiger partial charge in [-0.05, 0) is 56.0 Å². The Labute approximate surface area is 137 Å². The van der Waals surface area contributed by atoms with Gasteiger partial charge in [-0.2, -0.15) is 0 Å². The molecule has 1 saturated heterocycles. The molecule has 2 atom stereocenters. The lowest BCUT2D eigenvalue weighted by atomic mass is 9.77. The molecule has 1 heterocycles. The van der Waals surface area contributed by atoms with Gasteiger partial charge in [-0.15, -0.1) is 0 Å². The molecule has 22 heavy (non-hydrogen) atoms. The van der Waals surface area contributed by atoms with E-state index >= 15 is 0 Å². The van der Waals surface area contributed by atoms with E-state index in [1.165, 1.54) is 0 Å². The predicted octanol–water partition coefficient (Wildman–Crippen LogP) is 3.27. The summed E-state index contributed by atoms with van der Waals surface area (Å²) in [4.78, 5) is 13.1. The summed E-state index contributed by atoms with van der Waals surface area (Å²) in [7, 11) is 0. The molecule has 4 heteroatoms. The third kappa shape index (κ3) is 3.02. The third-order valence-electron chi connectivity index (χ3n) is 5.37. The minimum atomic E-state index is -0.379. The first-order chi connectivity index (χ1) is 10.6. The van der Waals surface area contributed by atoms with Crippen molar-refractivity contribution < 1.29 is 4.79 Å². The van der Waals surface area contributed by atoms with Crippen LogP contribution >= 0.6 is 11.6 Å². The largest absolute Gasteiger partial charge is 0.352 e. The highest BCUT2D eigenvalue weighted by Crippen LogP contribution is 2.42. The highest BCUT2D eigenvalue weighted by Gasteiger charge is 2.43. The van der Waals surface area contributed by atoms with E-state index in [-0.39, 0.29) is 17.4 Å². The second kappa shape index (κ2) is 6.59. The Balaban J connectivity index is 1.82.